The molecule has 0 aliphatic carbocycles. The summed E-state index contributed by atoms with van der Waals surface area (Å²) in [7, 11) is 0. The Morgan fingerprint density at radius 3 is 2.78 bits per heavy atom. The zero-order valence-corrected chi connectivity index (χ0v) is 4.69. The first kappa shape index (κ1) is 5.95. The highest BCUT2D eigenvalue weighted by Crippen LogP contribution is 1.97. The second kappa shape index (κ2) is 2.40. The Morgan fingerprint density at radius 1 is 1.56 bits per heavy atom. The van der Waals surface area contributed by atoms with Gasteiger partial charge in [-0.05, 0) is 24.3 Å². The van der Waals surface area contributed by atoms with Crippen molar-refractivity contribution in [3.8, 4) is 0 Å². The quantitative estimate of drug-likeness (QED) is 0.547. The first-order chi connectivity index (χ1) is 4.33. The molecular weight excluding hydrogens is 117 g/mol. The molecule has 0 aromatic heterocycles. The second-order valence-electron chi connectivity index (χ2n) is 1.61. The fraction of sp³-hybridized carbons (Fsp3) is 0. The minimum absolute atomic E-state index is 0.319. The fourth-order valence-electron chi connectivity index (χ4n) is 0.508. The summed E-state index contributed by atoms with van der Waals surface area (Å²) in [5.41, 5.74) is 0.594. The standard InChI is InChI=1S/C7H5FN/c8-7-3-1-6(5-9)2-4-7/h1,3-5,9H. The molecule has 1 radical (unpaired) electrons. The van der Waals surface area contributed by atoms with E-state index in [-0.39, 0.29) is 5.82 Å². The molecule has 0 spiro atoms. The summed E-state index contributed by atoms with van der Waals surface area (Å²) < 4.78 is 12.1. The molecule has 0 heterocycles. The maximum atomic E-state index is 12.1. The zero-order chi connectivity index (χ0) is 6.69. The van der Waals surface area contributed by atoms with Gasteiger partial charge in [-0.25, -0.2) is 4.39 Å². The predicted octanol–water partition coefficient (Wildman–Crippen LogP) is 1.62. The van der Waals surface area contributed by atoms with E-state index >= 15 is 0 Å². The SMILES string of the molecule is N=Cc1[c]cc(F)cc1. The van der Waals surface area contributed by atoms with Gasteiger partial charge in [0.25, 0.3) is 0 Å². The van der Waals surface area contributed by atoms with Crippen LogP contribution >= 0.6 is 0 Å². The van der Waals surface area contributed by atoms with E-state index in [0.717, 1.165) is 6.21 Å². The molecule has 0 amide bonds. The van der Waals surface area contributed by atoms with Crippen LogP contribution < -0.4 is 0 Å². The van der Waals surface area contributed by atoms with Gasteiger partial charge in [-0.1, -0.05) is 0 Å². The summed E-state index contributed by atoms with van der Waals surface area (Å²) in [6.45, 7) is 0. The molecule has 1 nitrogen and oxygen atoms in total. The van der Waals surface area contributed by atoms with Gasteiger partial charge in [0.2, 0.25) is 0 Å². The van der Waals surface area contributed by atoms with E-state index in [1.807, 2.05) is 0 Å². The molecule has 9 heavy (non-hydrogen) atoms. The van der Waals surface area contributed by atoms with Crippen molar-refractivity contribution in [2.45, 2.75) is 0 Å². The average molecular weight is 122 g/mol. The van der Waals surface area contributed by atoms with Gasteiger partial charge in [0.1, 0.15) is 5.82 Å². The van der Waals surface area contributed by atoms with E-state index in [4.69, 9.17) is 5.41 Å². The lowest BCUT2D eigenvalue weighted by atomic mass is 10.2. The van der Waals surface area contributed by atoms with Crippen LogP contribution in [0.1, 0.15) is 5.56 Å². The fourth-order valence-corrected chi connectivity index (χ4v) is 0.508. The first-order valence-corrected chi connectivity index (χ1v) is 2.50. The molecule has 0 atom stereocenters. The molecule has 0 aliphatic rings. The molecule has 1 aromatic rings. The highest BCUT2D eigenvalue weighted by molar-refractivity contribution is 5.76. The van der Waals surface area contributed by atoms with Gasteiger partial charge in [-0.15, -0.1) is 0 Å². The van der Waals surface area contributed by atoms with Crippen LogP contribution in [0.25, 0.3) is 0 Å². The van der Waals surface area contributed by atoms with Crippen LogP contribution in [0, 0.1) is 17.3 Å². The normalized spacial score (nSPS) is 9.00. The molecule has 1 aromatic carbocycles. The van der Waals surface area contributed by atoms with Crippen LogP contribution in [0.2, 0.25) is 0 Å². The molecule has 1 rings (SSSR count). The van der Waals surface area contributed by atoms with E-state index in [9.17, 15) is 4.39 Å². The zero-order valence-electron chi connectivity index (χ0n) is 4.69. The summed E-state index contributed by atoms with van der Waals surface area (Å²) in [5.74, 6) is -0.319. The molecule has 0 fully saturated rings. The lowest BCUT2D eigenvalue weighted by Crippen LogP contribution is -1.78. The van der Waals surface area contributed by atoms with Gasteiger partial charge in [-0.2, -0.15) is 0 Å². The van der Waals surface area contributed by atoms with Crippen LogP contribution in [0.15, 0.2) is 18.2 Å². The van der Waals surface area contributed by atoms with Crippen molar-refractivity contribution < 1.29 is 4.39 Å². The molecule has 2 heteroatoms. The topological polar surface area (TPSA) is 23.9 Å². The van der Waals surface area contributed by atoms with E-state index in [0.29, 0.717) is 5.56 Å². The Bertz CT molecular complexity index is 203. The number of halogens is 1. The van der Waals surface area contributed by atoms with Crippen molar-refractivity contribution in [2.24, 2.45) is 0 Å². The van der Waals surface area contributed by atoms with Gasteiger partial charge in [0.15, 0.2) is 0 Å². The maximum absolute atomic E-state index is 12.1. The van der Waals surface area contributed by atoms with Crippen LogP contribution in [-0.2, 0) is 0 Å². The molecule has 0 unspecified atom stereocenters. The lowest BCUT2D eigenvalue weighted by Gasteiger charge is -1.87. The van der Waals surface area contributed by atoms with Crippen molar-refractivity contribution in [1.29, 1.82) is 5.41 Å². The van der Waals surface area contributed by atoms with E-state index in [1.165, 1.54) is 18.2 Å². The maximum Gasteiger partial charge on any atom is 0.123 e. The van der Waals surface area contributed by atoms with Crippen molar-refractivity contribution in [3.05, 3.63) is 35.6 Å². The monoisotopic (exact) mass is 122 g/mol. The van der Waals surface area contributed by atoms with Crippen molar-refractivity contribution in [3.63, 3.8) is 0 Å². The third-order valence-electron chi connectivity index (χ3n) is 0.954. The first-order valence-electron chi connectivity index (χ1n) is 2.50. The largest absolute Gasteiger partial charge is 0.308 e. The number of benzene rings is 1. The van der Waals surface area contributed by atoms with Crippen molar-refractivity contribution >= 4 is 6.21 Å². The summed E-state index contributed by atoms with van der Waals surface area (Å²) in [6, 6.07) is 6.58. The van der Waals surface area contributed by atoms with Gasteiger partial charge >= 0.3 is 0 Å². The average Bonchev–Trinajstić information content (AvgIpc) is 1.90. The molecular formula is C7H5FN. The molecule has 0 aliphatic heterocycles. The summed E-state index contributed by atoms with van der Waals surface area (Å²) in [5, 5.41) is 6.74. The van der Waals surface area contributed by atoms with E-state index in [2.05, 4.69) is 6.07 Å². The Morgan fingerprint density at radius 2 is 2.33 bits per heavy atom. The third-order valence-corrected chi connectivity index (χ3v) is 0.954. The highest BCUT2D eigenvalue weighted by atomic mass is 19.1. The van der Waals surface area contributed by atoms with Crippen molar-refractivity contribution in [2.75, 3.05) is 0 Å². The molecule has 0 bridgehead atoms. The highest BCUT2D eigenvalue weighted by Gasteiger charge is 1.87. The Balaban J connectivity index is 3.01. The number of hydrogen-bond acceptors (Lipinski definition) is 1. The van der Waals surface area contributed by atoms with E-state index < -0.39 is 0 Å². The Kier molecular flexibility index (Phi) is 1.58. The van der Waals surface area contributed by atoms with E-state index in [1.54, 1.807) is 0 Å². The summed E-state index contributed by atoms with van der Waals surface area (Å²) >= 11 is 0. The van der Waals surface area contributed by atoms with Crippen LogP contribution in [0.4, 0.5) is 4.39 Å². The van der Waals surface area contributed by atoms with Crippen LogP contribution in [-0.4, -0.2) is 6.21 Å². The minimum Gasteiger partial charge on any atom is -0.308 e. The summed E-state index contributed by atoms with van der Waals surface area (Å²) in [4.78, 5) is 0. The number of nitrogens with one attached hydrogen (secondary N) is 1. The molecule has 0 saturated heterocycles. The minimum atomic E-state index is -0.319. The Labute approximate surface area is 52.6 Å². The number of rotatable bonds is 1. The number of hydrogen-bond donors (Lipinski definition) is 1. The van der Waals surface area contributed by atoms with Gasteiger partial charge in [0, 0.05) is 11.8 Å². The molecule has 0 saturated carbocycles. The smallest absolute Gasteiger partial charge is 0.123 e. The van der Waals surface area contributed by atoms with Crippen LogP contribution in [0.5, 0.6) is 0 Å². The van der Waals surface area contributed by atoms with Gasteiger partial charge in [-0.3, -0.25) is 0 Å². The third kappa shape index (κ3) is 1.35. The van der Waals surface area contributed by atoms with Crippen LogP contribution in [0.3, 0.4) is 0 Å². The summed E-state index contributed by atoms with van der Waals surface area (Å²) in [6.07, 6.45) is 1.12. The second-order valence-corrected chi connectivity index (χ2v) is 1.61. The predicted molar refractivity (Wildman–Crippen MR) is 33.1 cm³/mol. The lowest BCUT2D eigenvalue weighted by molar-refractivity contribution is 0.627. The molecule has 1 N–H and O–H groups in total. The molecule has 45 valence electrons. The Hall–Kier alpha value is -1.18. The van der Waals surface area contributed by atoms with Gasteiger partial charge in [0.05, 0.1) is 0 Å². The van der Waals surface area contributed by atoms with Crippen molar-refractivity contribution in [1.82, 2.24) is 0 Å². The van der Waals surface area contributed by atoms with Gasteiger partial charge < -0.3 is 5.41 Å².